The number of thioether (sulfide) groups is 1. The van der Waals surface area contributed by atoms with Gasteiger partial charge in [0.1, 0.15) is 5.75 Å². The third-order valence-corrected chi connectivity index (χ3v) is 6.29. The number of hydrogen-bond acceptors (Lipinski definition) is 5. The second-order valence-electron chi connectivity index (χ2n) is 5.51. The first-order valence-electron chi connectivity index (χ1n) is 7.53. The number of benzene rings is 2. The molecule has 132 valence electrons. The normalized spacial score (nSPS) is 11.3. The van der Waals surface area contributed by atoms with E-state index < -0.39 is 10.0 Å². The zero-order valence-electron chi connectivity index (χ0n) is 14.4. The van der Waals surface area contributed by atoms with Gasteiger partial charge in [0.2, 0.25) is 10.0 Å². The summed E-state index contributed by atoms with van der Waals surface area (Å²) in [7, 11) is -0.341. The van der Waals surface area contributed by atoms with Gasteiger partial charge in [-0.15, -0.1) is 11.8 Å². The van der Waals surface area contributed by atoms with Gasteiger partial charge in [-0.3, -0.25) is 0 Å². The number of ether oxygens (including phenoxy) is 1. The Labute approximate surface area is 153 Å². The van der Waals surface area contributed by atoms with E-state index in [9.17, 15) is 8.42 Å². The van der Waals surface area contributed by atoms with Crippen molar-refractivity contribution in [3.63, 3.8) is 0 Å². The Morgan fingerprint density at radius 2 is 1.96 bits per heavy atom. The largest absolute Gasteiger partial charge is 0.496 e. The Kier molecular flexibility index (Phi) is 6.48. The summed E-state index contributed by atoms with van der Waals surface area (Å²) in [4.78, 5) is 1.00. The smallest absolute Gasteiger partial charge is 0.218 e. The second kappa shape index (κ2) is 8.39. The number of methoxy groups -OCH3 is 1. The van der Waals surface area contributed by atoms with E-state index in [4.69, 9.17) is 10.00 Å². The van der Waals surface area contributed by atoms with Crippen LogP contribution in [-0.4, -0.2) is 33.1 Å². The van der Waals surface area contributed by atoms with E-state index in [1.54, 1.807) is 50.2 Å². The first-order valence-corrected chi connectivity index (χ1v) is 10.4. The number of hydrogen-bond donors (Lipinski definition) is 0. The first kappa shape index (κ1) is 19.3. The summed E-state index contributed by atoms with van der Waals surface area (Å²) in [5, 5.41) is 8.93. The van der Waals surface area contributed by atoms with E-state index in [0.29, 0.717) is 11.1 Å². The zero-order chi connectivity index (χ0) is 18.4. The van der Waals surface area contributed by atoms with E-state index in [-0.39, 0.29) is 12.3 Å². The van der Waals surface area contributed by atoms with Gasteiger partial charge in [0.05, 0.1) is 24.5 Å². The number of nitrogens with zero attached hydrogens (tertiary/aromatic N) is 2. The zero-order valence-corrected chi connectivity index (χ0v) is 16.0. The van der Waals surface area contributed by atoms with Gasteiger partial charge >= 0.3 is 0 Å². The molecule has 0 bridgehead atoms. The minimum atomic E-state index is -3.49. The monoisotopic (exact) mass is 376 g/mol. The van der Waals surface area contributed by atoms with Gasteiger partial charge in [-0.1, -0.05) is 18.2 Å². The third kappa shape index (κ3) is 4.98. The van der Waals surface area contributed by atoms with Crippen molar-refractivity contribution in [2.75, 3.05) is 20.4 Å². The van der Waals surface area contributed by atoms with E-state index >= 15 is 0 Å². The van der Waals surface area contributed by atoms with Gasteiger partial charge in [0.15, 0.2) is 0 Å². The summed E-state index contributed by atoms with van der Waals surface area (Å²) in [6.45, 7) is 0.255. The van der Waals surface area contributed by atoms with E-state index in [1.165, 1.54) is 4.31 Å². The van der Waals surface area contributed by atoms with Crippen molar-refractivity contribution in [2.24, 2.45) is 0 Å². The van der Waals surface area contributed by atoms with Crippen LogP contribution in [0.2, 0.25) is 0 Å². The molecule has 0 aliphatic rings. The van der Waals surface area contributed by atoms with E-state index in [1.807, 2.05) is 30.5 Å². The molecule has 0 spiro atoms. The van der Waals surface area contributed by atoms with E-state index in [2.05, 4.69) is 0 Å². The lowest BCUT2D eigenvalue weighted by Crippen LogP contribution is -2.27. The molecule has 0 atom stereocenters. The maximum Gasteiger partial charge on any atom is 0.218 e. The van der Waals surface area contributed by atoms with Crippen LogP contribution in [0.25, 0.3) is 0 Å². The van der Waals surface area contributed by atoms with Crippen LogP contribution in [0.1, 0.15) is 16.7 Å². The van der Waals surface area contributed by atoms with Crippen molar-refractivity contribution < 1.29 is 13.2 Å². The highest BCUT2D eigenvalue weighted by atomic mass is 32.2. The Morgan fingerprint density at radius 3 is 2.60 bits per heavy atom. The molecule has 2 rings (SSSR count). The van der Waals surface area contributed by atoms with Gasteiger partial charge in [0.25, 0.3) is 0 Å². The minimum absolute atomic E-state index is 0.140. The first-order chi connectivity index (χ1) is 11.9. The molecule has 0 aliphatic carbocycles. The summed E-state index contributed by atoms with van der Waals surface area (Å²) >= 11 is 1.58. The molecule has 0 fully saturated rings. The summed E-state index contributed by atoms with van der Waals surface area (Å²) in [5.74, 6) is 0.594. The van der Waals surface area contributed by atoms with Crippen molar-refractivity contribution in [3.8, 4) is 11.8 Å². The Bertz CT molecular complexity index is 889. The number of rotatable bonds is 7. The van der Waals surface area contributed by atoms with E-state index in [0.717, 1.165) is 16.2 Å². The molecule has 2 aromatic carbocycles. The Morgan fingerprint density at radius 1 is 1.20 bits per heavy atom. The minimum Gasteiger partial charge on any atom is -0.496 e. The van der Waals surface area contributed by atoms with Gasteiger partial charge in [-0.2, -0.15) is 5.26 Å². The highest BCUT2D eigenvalue weighted by molar-refractivity contribution is 7.98. The predicted molar refractivity (Wildman–Crippen MR) is 100 cm³/mol. The van der Waals surface area contributed by atoms with Gasteiger partial charge < -0.3 is 4.74 Å². The van der Waals surface area contributed by atoms with Crippen LogP contribution in [0.3, 0.4) is 0 Å². The van der Waals surface area contributed by atoms with Crippen molar-refractivity contribution >= 4 is 21.8 Å². The van der Waals surface area contributed by atoms with Gasteiger partial charge in [0, 0.05) is 18.5 Å². The fourth-order valence-corrected chi connectivity index (χ4v) is 4.10. The molecular formula is C18H20N2O3S2. The fraction of sp³-hybridized carbons (Fsp3) is 0.278. The predicted octanol–water partition coefficient (Wildman–Crippen LogP) is 3.25. The van der Waals surface area contributed by atoms with Gasteiger partial charge in [-0.25, -0.2) is 12.7 Å². The van der Waals surface area contributed by atoms with Crippen LogP contribution in [0.5, 0.6) is 5.75 Å². The van der Waals surface area contributed by atoms with Crippen LogP contribution < -0.4 is 4.74 Å². The summed E-state index contributed by atoms with van der Waals surface area (Å²) in [5.41, 5.74) is 1.90. The molecule has 0 aromatic heterocycles. The lowest BCUT2D eigenvalue weighted by atomic mass is 10.2. The molecule has 7 heteroatoms. The summed E-state index contributed by atoms with van der Waals surface area (Å²) in [6.07, 6.45) is 1.96. The van der Waals surface area contributed by atoms with Crippen molar-refractivity contribution in [3.05, 3.63) is 59.2 Å². The third-order valence-electron chi connectivity index (χ3n) is 3.73. The van der Waals surface area contributed by atoms with Crippen molar-refractivity contribution in [1.82, 2.24) is 4.31 Å². The molecule has 2 aromatic rings. The van der Waals surface area contributed by atoms with Gasteiger partial charge in [-0.05, 0) is 41.6 Å². The maximum absolute atomic E-state index is 12.6. The van der Waals surface area contributed by atoms with Crippen LogP contribution in [0.4, 0.5) is 0 Å². The molecule has 25 heavy (non-hydrogen) atoms. The fourth-order valence-electron chi connectivity index (χ4n) is 2.39. The van der Waals surface area contributed by atoms with Crippen LogP contribution in [0, 0.1) is 11.3 Å². The van der Waals surface area contributed by atoms with Crippen LogP contribution >= 0.6 is 11.8 Å². The average Bonchev–Trinajstić information content (AvgIpc) is 2.61. The molecule has 0 amide bonds. The number of nitriles is 1. The molecule has 0 unspecified atom stereocenters. The standard InChI is InChI=1S/C18H20N2O3S2/c1-20(12-15-7-8-18(24-3)17(10-15)23-2)25(21,22)13-16-6-4-5-14(9-16)11-19/h4-10H,12-13H2,1-3H3. The highest BCUT2D eigenvalue weighted by Crippen LogP contribution is 2.29. The highest BCUT2D eigenvalue weighted by Gasteiger charge is 2.19. The summed E-state index contributed by atoms with van der Waals surface area (Å²) in [6, 6.07) is 14.4. The van der Waals surface area contributed by atoms with Crippen molar-refractivity contribution in [1.29, 1.82) is 5.26 Å². The Hall–Kier alpha value is -2.01. The lowest BCUT2D eigenvalue weighted by Gasteiger charge is -2.18. The van der Waals surface area contributed by atoms with Crippen LogP contribution in [-0.2, 0) is 22.3 Å². The molecule has 0 aliphatic heterocycles. The molecular weight excluding hydrogens is 356 g/mol. The Balaban J connectivity index is 2.16. The van der Waals surface area contributed by atoms with Crippen molar-refractivity contribution in [2.45, 2.75) is 17.2 Å². The molecule has 0 saturated heterocycles. The summed E-state index contributed by atoms with van der Waals surface area (Å²) < 4.78 is 31.8. The molecule has 0 saturated carbocycles. The lowest BCUT2D eigenvalue weighted by molar-refractivity contribution is 0.402. The molecule has 5 nitrogen and oxygen atoms in total. The molecule has 0 heterocycles. The topological polar surface area (TPSA) is 70.4 Å². The molecule has 0 radical (unpaired) electrons. The second-order valence-corrected chi connectivity index (χ2v) is 8.44. The quantitative estimate of drug-likeness (QED) is 0.694. The number of sulfonamides is 1. The molecule has 0 N–H and O–H groups in total. The maximum atomic E-state index is 12.6. The SMILES string of the molecule is COc1cc(CN(C)S(=O)(=O)Cc2cccc(C#N)c2)ccc1SC. The van der Waals surface area contributed by atoms with Crippen LogP contribution in [0.15, 0.2) is 47.4 Å². The average molecular weight is 377 g/mol.